The first-order valence-electron chi connectivity index (χ1n) is 7.08. The Morgan fingerprint density at radius 3 is 2.80 bits per heavy atom. The van der Waals surface area contributed by atoms with E-state index in [1.54, 1.807) is 17.4 Å². The first-order chi connectivity index (χ1) is 12.0. The summed E-state index contributed by atoms with van der Waals surface area (Å²) in [6.07, 6.45) is 0. The summed E-state index contributed by atoms with van der Waals surface area (Å²) in [5.74, 6) is 0.717. The van der Waals surface area contributed by atoms with Gasteiger partial charge in [-0.3, -0.25) is 0 Å². The van der Waals surface area contributed by atoms with Crippen LogP contribution in [0, 0.1) is 18.3 Å². The van der Waals surface area contributed by atoms with Crippen molar-refractivity contribution in [2.24, 2.45) is 0 Å². The number of halogens is 1. The van der Waals surface area contributed by atoms with Gasteiger partial charge in [0, 0.05) is 16.7 Å². The molecule has 25 heavy (non-hydrogen) atoms. The van der Waals surface area contributed by atoms with Gasteiger partial charge in [-0.1, -0.05) is 23.4 Å². The first kappa shape index (κ1) is 17.5. The number of nitrogens with two attached hydrogens (primary N) is 1. The van der Waals surface area contributed by atoms with Crippen LogP contribution in [0.25, 0.3) is 11.3 Å². The molecular formula is C16H12ClN5OS2. The average molecular weight is 390 g/mol. The number of thioether (sulfide) groups is 1. The van der Waals surface area contributed by atoms with Crippen molar-refractivity contribution in [3.05, 3.63) is 44.9 Å². The smallest absolute Gasteiger partial charge is 0.190 e. The van der Waals surface area contributed by atoms with Crippen molar-refractivity contribution in [2.45, 2.75) is 17.8 Å². The third-order valence-corrected chi connectivity index (χ3v) is 5.27. The number of anilines is 1. The number of nitrogens with zero attached hydrogens (tertiary/aromatic N) is 4. The third-order valence-electron chi connectivity index (χ3n) is 3.25. The molecular weight excluding hydrogens is 378 g/mol. The molecule has 126 valence electrons. The lowest BCUT2D eigenvalue weighted by molar-refractivity contribution is 0.475. The van der Waals surface area contributed by atoms with Gasteiger partial charge in [-0.05, 0) is 25.1 Å². The van der Waals surface area contributed by atoms with Gasteiger partial charge in [0.15, 0.2) is 5.16 Å². The SMILES string of the molecule is Cc1nc(CSc2nc(N)c(C#N)c(-c3ccc(O)cc3Cl)n2)cs1. The van der Waals surface area contributed by atoms with Crippen molar-refractivity contribution in [3.8, 4) is 23.1 Å². The Bertz CT molecular complexity index is 983. The molecule has 2 aromatic heterocycles. The van der Waals surface area contributed by atoms with E-state index in [-0.39, 0.29) is 22.2 Å². The molecule has 0 aliphatic rings. The Morgan fingerprint density at radius 1 is 1.36 bits per heavy atom. The molecule has 0 saturated heterocycles. The van der Waals surface area contributed by atoms with Crippen LogP contribution in [0.5, 0.6) is 5.75 Å². The van der Waals surface area contributed by atoms with Crippen LogP contribution in [0.3, 0.4) is 0 Å². The van der Waals surface area contributed by atoms with Gasteiger partial charge in [0.05, 0.1) is 21.4 Å². The van der Waals surface area contributed by atoms with E-state index < -0.39 is 0 Å². The fourth-order valence-corrected chi connectivity index (χ4v) is 3.86. The van der Waals surface area contributed by atoms with E-state index in [1.165, 1.54) is 23.9 Å². The second-order valence-electron chi connectivity index (χ2n) is 5.04. The van der Waals surface area contributed by atoms with Gasteiger partial charge in [0.25, 0.3) is 0 Å². The topological polar surface area (TPSA) is 109 Å². The van der Waals surface area contributed by atoms with E-state index in [9.17, 15) is 10.4 Å². The lowest BCUT2D eigenvalue weighted by Crippen LogP contribution is -2.03. The van der Waals surface area contributed by atoms with Crippen molar-refractivity contribution in [3.63, 3.8) is 0 Å². The molecule has 0 radical (unpaired) electrons. The number of benzene rings is 1. The van der Waals surface area contributed by atoms with Gasteiger partial charge in [0.2, 0.25) is 0 Å². The molecule has 3 N–H and O–H groups in total. The molecule has 0 amide bonds. The predicted octanol–water partition coefficient (Wildman–Crippen LogP) is 4.01. The minimum absolute atomic E-state index is 0.0304. The lowest BCUT2D eigenvalue weighted by Gasteiger charge is -2.10. The van der Waals surface area contributed by atoms with Crippen LogP contribution in [0.15, 0.2) is 28.7 Å². The maximum atomic E-state index is 9.52. The van der Waals surface area contributed by atoms with Crippen molar-refractivity contribution in [1.82, 2.24) is 15.0 Å². The fraction of sp³-hybridized carbons (Fsp3) is 0.125. The van der Waals surface area contributed by atoms with Crippen LogP contribution in [0.1, 0.15) is 16.3 Å². The molecule has 3 aromatic rings. The Hall–Kier alpha value is -2.34. The Morgan fingerprint density at radius 2 is 2.16 bits per heavy atom. The van der Waals surface area contributed by atoms with Crippen molar-refractivity contribution in [2.75, 3.05) is 5.73 Å². The Labute approximate surface area is 157 Å². The molecule has 0 fully saturated rings. The number of nitrogen functional groups attached to an aromatic ring is 1. The van der Waals surface area contributed by atoms with E-state index >= 15 is 0 Å². The molecule has 3 rings (SSSR count). The molecule has 6 nitrogen and oxygen atoms in total. The van der Waals surface area contributed by atoms with Crippen LogP contribution < -0.4 is 5.73 Å². The molecule has 9 heteroatoms. The molecule has 0 aliphatic heterocycles. The van der Waals surface area contributed by atoms with E-state index in [1.807, 2.05) is 18.4 Å². The van der Waals surface area contributed by atoms with Gasteiger partial charge < -0.3 is 10.8 Å². The quantitative estimate of drug-likeness (QED) is 0.512. The van der Waals surface area contributed by atoms with Gasteiger partial charge in [-0.15, -0.1) is 11.3 Å². The Kier molecular flexibility index (Phi) is 5.08. The number of aryl methyl sites for hydroxylation is 1. The highest BCUT2D eigenvalue weighted by atomic mass is 35.5. The monoisotopic (exact) mass is 389 g/mol. The van der Waals surface area contributed by atoms with Crippen molar-refractivity contribution < 1.29 is 5.11 Å². The zero-order valence-electron chi connectivity index (χ0n) is 13.0. The van der Waals surface area contributed by atoms with Gasteiger partial charge >= 0.3 is 0 Å². The highest BCUT2D eigenvalue weighted by molar-refractivity contribution is 7.98. The van der Waals surface area contributed by atoms with E-state index in [0.717, 1.165) is 10.7 Å². The second-order valence-corrected chi connectivity index (χ2v) is 7.45. The zero-order chi connectivity index (χ0) is 18.0. The summed E-state index contributed by atoms with van der Waals surface area (Å²) in [7, 11) is 0. The largest absolute Gasteiger partial charge is 0.508 e. The van der Waals surface area contributed by atoms with Crippen LogP contribution in [0.4, 0.5) is 5.82 Å². The zero-order valence-corrected chi connectivity index (χ0v) is 15.4. The van der Waals surface area contributed by atoms with Crippen LogP contribution >= 0.6 is 34.7 Å². The molecule has 1 aromatic carbocycles. The fourth-order valence-electron chi connectivity index (χ4n) is 2.14. The molecule has 0 unspecified atom stereocenters. The van der Waals surface area contributed by atoms with Crippen molar-refractivity contribution >= 4 is 40.5 Å². The van der Waals surface area contributed by atoms with Crippen LogP contribution in [-0.4, -0.2) is 20.1 Å². The summed E-state index contributed by atoms with van der Waals surface area (Å²) in [5, 5.41) is 22.6. The molecule has 0 bridgehead atoms. The number of hydrogen-bond donors (Lipinski definition) is 2. The van der Waals surface area contributed by atoms with Gasteiger partial charge in [-0.2, -0.15) is 5.26 Å². The molecule has 2 heterocycles. The van der Waals surface area contributed by atoms with E-state index in [2.05, 4.69) is 15.0 Å². The summed E-state index contributed by atoms with van der Waals surface area (Å²) >= 11 is 9.14. The molecule has 0 aliphatic carbocycles. The average Bonchev–Trinajstić information content (AvgIpc) is 2.98. The minimum atomic E-state index is 0.0304. The second kappa shape index (κ2) is 7.27. The molecule has 0 spiro atoms. The number of phenols is 1. The summed E-state index contributed by atoms with van der Waals surface area (Å²) in [6, 6.07) is 6.48. The minimum Gasteiger partial charge on any atom is -0.508 e. The highest BCUT2D eigenvalue weighted by Crippen LogP contribution is 2.34. The maximum absolute atomic E-state index is 9.52. The summed E-state index contributed by atoms with van der Waals surface area (Å²) < 4.78 is 0. The van der Waals surface area contributed by atoms with Crippen molar-refractivity contribution in [1.29, 1.82) is 5.26 Å². The van der Waals surface area contributed by atoms with Crippen LogP contribution in [0.2, 0.25) is 5.02 Å². The number of aromatic nitrogens is 3. The van der Waals surface area contributed by atoms with Crippen LogP contribution in [-0.2, 0) is 5.75 Å². The number of aromatic hydroxyl groups is 1. The summed E-state index contributed by atoms with van der Waals surface area (Å²) in [6.45, 7) is 1.94. The number of hydrogen-bond acceptors (Lipinski definition) is 8. The van der Waals surface area contributed by atoms with Gasteiger partial charge in [0.1, 0.15) is 23.2 Å². The van der Waals surface area contributed by atoms with Gasteiger partial charge in [-0.25, -0.2) is 15.0 Å². The first-order valence-corrected chi connectivity index (χ1v) is 9.32. The third kappa shape index (κ3) is 3.85. The van der Waals surface area contributed by atoms with E-state index in [4.69, 9.17) is 17.3 Å². The standard InChI is InChI=1S/C16H12ClN5OS2/c1-8-20-9(6-24-8)7-25-16-21-14(12(5-18)15(19)22-16)11-3-2-10(23)4-13(11)17/h2-4,6,23H,7H2,1H3,(H2,19,21,22). The summed E-state index contributed by atoms with van der Waals surface area (Å²) in [5.41, 5.74) is 7.87. The maximum Gasteiger partial charge on any atom is 0.190 e. The molecule has 0 saturated carbocycles. The highest BCUT2D eigenvalue weighted by Gasteiger charge is 2.17. The number of rotatable bonds is 4. The normalized spacial score (nSPS) is 10.6. The number of nitriles is 1. The van der Waals surface area contributed by atoms with E-state index in [0.29, 0.717) is 22.2 Å². The predicted molar refractivity (Wildman–Crippen MR) is 99.7 cm³/mol. The molecule has 0 atom stereocenters. The summed E-state index contributed by atoms with van der Waals surface area (Å²) in [4.78, 5) is 13.0. The number of phenolic OH excluding ortho intramolecular Hbond substituents is 1. The Balaban J connectivity index is 1.99. The lowest BCUT2D eigenvalue weighted by atomic mass is 10.1. The number of thiazole rings is 1.